The highest BCUT2D eigenvalue weighted by Crippen LogP contribution is 2.24. The smallest absolute Gasteiger partial charge is 0.223 e. The van der Waals surface area contributed by atoms with E-state index in [0.29, 0.717) is 65.2 Å². The molecule has 0 radical (unpaired) electrons. The van der Waals surface area contributed by atoms with Crippen LogP contribution in [0, 0.1) is 11.7 Å². The Morgan fingerprint density at radius 2 is 1.88 bits per heavy atom. The lowest BCUT2D eigenvalue weighted by Crippen LogP contribution is -2.43. The first-order valence-corrected chi connectivity index (χ1v) is 13.8. The van der Waals surface area contributed by atoms with Gasteiger partial charge in [0, 0.05) is 52.7 Å². The van der Waals surface area contributed by atoms with Crippen molar-refractivity contribution in [1.82, 2.24) is 9.62 Å². The molecule has 1 saturated heterocycles. The molecule has 0 aromatic heterocycles. The molecule has 2 aromatic rings. The molecule has 1 amide bonds. The number of hydrogen-bond acceptors (Lipinski definition) is 4. The maximum atomic E-state index is 13.8. The molecule has 10 heteroatoms. The Kier molecular flexibility index (Phi) is 9.25. The van der Waals surface area contributed by atoms with Crippen LogP contribution < -0.4 is 5.32 Å². The number of sulfonamides is 1. The van der Waals surface area contributed by atoms with Crippen LogP contribution >= 0.6 is 35.0 Å². The molecule has 32 heavy (non-hydrogen) atoms. The van der Waals surface area contributed by atoms with Gasteiger partial charge in [0.05, 0.1) is 5.75 Å². The number of carbonyl (C=O) groups excluding carboxylic acids is 1. The summed E-state index contributed by atoms with van der Waals surface area (Å²) in [6.07, 6.45) is 0.969. The number of carbonyl (C=O) groups is 1. The Bertz CT molecular complexity index is 1020. The molecule has 2 aromatic carbocycles. The molecule has 5 nitrogen and oxygen atoms in total. The van der Waals surface area contributed by atoms with Gasteiger partial charge in [0.25, 0.3) is 0 Å². The van der Waals surface area contributed by atoms with Crippen molar-refractivity contribution in [1.29, 1.82) is 0 Å². The van der Waals surface area contributed by atoms with E-state index in [-0.39, 0.29) is 23.4 Å². The van der Waals surface area contributed by atoms with Crippen LogP contribution in [-0.2, 0) is 26.3 Å². The maximum absolute atomic E-state index is 13.8. The fraction of sp³-hybridized carbons (Fsp3) is 0.409. The molecule has 0 spiro atoms. The summed E-state index contributed by atoms with van der Waals surface area (Å²) in [6.45, 7) is 1.10. The quantitative estimate of drug-likeness (QED) is 0.487. The molecule has 0 saturated carbocycles. The van der Waals surface area contributed by atoms with Crippen LogP contribution in [-0.4, -0.2) is 44.0 Å². The van der Waals surface area contributed by atoms with E-state index in [4.69, 9.17) is 23.2 Å². The number of amides is 1. The summed E-state index contributed by atoms with van der Waals surface area (Å²) in [4.78, 5) is 12.4. The van der Waals surface area contributed by atoms with Crippen molar-refractivity contribution in [2.45, 2.75) is 24.3 Å². The van der Waals surface area contributed by atoms with E-state index in [9.17, 15) is 17.6 Å². The predicted molar refractivity (Wildman–Crippen MR) is 129 cm³/mol. The fourth-order valence-corrected chi connectivity index (χ4v) is 6.52. The summed E-state index contributed by atoms with van der Waals surface area (Å²) in [5.74, 6) is 0.354. The Morgan fingerprint density at radius 3 is 2.56 bits per heavy atom. The van der Waals surface area contributed by atoms with Crippen LogP contribution in [0.15, 0.2) is 42.5 Å². The Labute approximate surface area is 202 Å². The summed E-state index contributed by atoms with van der Waals surface area (Å²) in [7, 11) is -3.46. The van der Waals surface area contributed by atoms with Crippen molar-refractivity contribution in [2.75, 3.05) is 25.4 Å². The van der Waals surface area contributed by atoms with Crippen LogP contribution in [0.2, 0.25) is 10.0 Å². The van der Waals surface area contributed by atoms with Crippen molar-refractivity contribution < 1.29 is 17.6 Å². The van der Waals surface area contributed by atoms with Crippen LogP contribution in [0.1, 0.15) is 24.0 Å². The SMILES string of the molecule is O=C(NCCSCc1c(F)cccc1Cl)C1CCN(S(=O)(=O)Cc2cccc(Cl)c2)CC1. The molecule has 0 aliphatic carbocycles. The van der Waals surface area contributed by atoms with Crippen LogP contribution in [0.4, 0.5) is 4.39 Å². The van der Waals surface area contributed by atoms with Crippen molar-refractivity contribution in [3.63, 3.8) is 0 Å². The Morgan fingerprint density at radius 1 is 1.16 bits per heavy atom. The Balaban J connectivity index is 1.38. The molecule has 1 aliphatic rings. The molecule has 3 rings (SSSR count). The van der Waals surface area contributed by atoms with Crippen molar-refractivity contribution in [3.05, 3.63) is 69.5 Å². The normalized spacial score (nSPS) is 15.6. The third kappa shape index (κ3) is 7.09. The van der Waals surface area contributed by atoms with Gasteiger partial charge >= 0.3 is 0 Å². The third-order valence-electron chi connectivity index (χ3n) is 5.31. The maximum Gasteiger partial charge on any atom is 0.223 e. The highest BCUT2D eigenvalue weighted by Gasteiger charge is 2.31. The summed E-state index contributed by atoms with van der Waals surface area (Å²) >= 11 is 13.5. The number of rotatable bonds is 9. The largest absolute Gasteiger partial charge is 0.355 e. The topological polar surface area (TPSA) is 66.5 Å². The minimum Gasteiger partial charge on any atom is -0.355 e. The molecule has 1 heterocycles. The summed E-state index contributed by atoms with van der Waals surface area (Å²) in [5.41, 5.74) is 1.11. The highest BCUT2D eigenvalue weighted by atomic mass is 35.5. The zero-order chi connectivity index (χ0) is 23.1. The van der Waals surface area contributed by atoms with Gasteiger partial charge in [-0.2, -0.15) is 11.8 Å². The van der Waals surface area contributed by atoms with Gasteiger partial charge in [-0.15, -0.1) is 0 Å². The van der Waals surface area contributed by atoms with E-state index in [2.05, 4.69) is 5.32 Å². The standard InChI is InChI=1S/C22H25Cl2FN2O3S2/c23-18-4-1-3-16(13-18)15-32(29,30)27-10-7-17(8-11-27)22(28)26-9-12-31-14-19-20(24)5-2-6-21(19)25/h1-6,13,17H,7-12,14-15H2,(H,26,28). The van der Waals surface area contributed by atoms with Crippen molar-refractivity contribution in [3.8, 4) is 0 Å². The van der Waals surface area contributed by atoms with Crippen molar-refractivity contribution in [2.24, 2.45) is 5.92 Å². The monoisotopic (exact) mass is 518 g/mol. The summed E-state index contributed by atoms with van der Waals surface area (Å²) < 4.78 is 40.6. The average Bonchev–Trinajstić information content (AvgIpc) is 2.75. The fourth-order valence-electron chi connectivity index (χ4n) is 3.56. The third-order valence-corrected chi connectivity index (χ3v) is 8.73. The molecule has 1 aliphatic heterocycles. The van der Waals surface area contributed by atoms with E-state index < -0.39 is 10.0 Å². The average molecular weight is 519 g/mol. The molecule has 0 bridgehead atoms. The first-order valence-electron chi connectivity index (χ1n) is 10.3. The lowest BCUT2D eigenvalue weighted by molar-refractivity contribution is -0.125. The summed E-state index contributed by atoms with van der Waals surface area (Å²) in [6, 6.07) is 11.4. The highest BCUT2D eigenvalue weighted by molar-refractivity contribution is 7.98. The molecule has 0 unspecified atom stereocenters. The zero-order valence-electron chi connectivity index (χ0n) is 17.4. The molecule has 1 N–H and O–H groups in total. The predicted octanol–water partition coefficient (Wildman–Crippen LogP) is 4.72. The number of nitrogens with zero attached hydrogens (tertiary/aromatic N) is 1. The van der Waals surface area contributed by atoms with Gasteiger partial charge in [0.15, 0.2) is 0 Å². The first kappa shape index (κ1) is 25.3. The first-order chi connectivity index (χ1) is 15.3. The number of halogens is 3. The Hall–Kier alpha value is -1.32. The van der Waals surface area contributed by atoms with Gasteiger partial charge < -0.3 is 5.32 Å². The second-order valence-electron chi connectivity index (χ2n) is 7.60. The van der Waals surface area contributed by atoms with Gasteiger partial charge in [-0.05, 0) is 42.7 Å². The second kappa shape index (κ2) is 11.7. The van der Waals surface area contributed by atoms with Crippen LogP contribution in [0.25, 0.3) is 0 Å². The van der Waals surface area contributed by atoms with Gasteiger partial charge in [-0.25, -0.2) is 17.1 Å². The van der Waals surface area contributed by atoms with E-state index in [0.717, 1.165) is 0 Å². The minimum atomic E-state index is -3.46. The van der Waals surface area contributed by atoms with Gasteiger partial charge in [0.1, 0.15) is 5.82 Å². The summed E-state index contributed by atoms with van der Waals surface area (Å²) in [5, 5.41) is 3.80. The van der Waals surface area contributed by atoms with Gasteiger partial charge in [0.2, 0.25) is 15.9 Å². The van der Waals surface area contributed by atoms with E-state index >= 15 is 0 Å². The number of hydrogen-bond donors (Lipinski definition) is 1. The van der Waals surface area contributed by atoms with Crippen LogP contribution in [0.3, 0.4) is 0 Å². The van der Waals surface area contributed by atoms with E-state index in [1.54, 1.807) is 36.4 Å². The number of thioether (sulfide) groups is 1. The molecular weight excluding hydrogens is 494 g/mol. The second-order valence-corrected chi connectivity index (χ2v) is 11.5. The number of nitrogens with one attached hydrogen (secondary N) is 1. The lowest BCUT2D eigenvalue weighted by Gasteiger charge is -2.30. The van der Waals surface area contributed by atoms with Crippen LogP contribution in [0.5, 0.6) is 0 Å². The number of piperidine rings is 1. The van der Waals surface area contributed by atoms with Gasteiger partial charge in [-0.3, -0.25) is 4.79 Å². The van der Waals surface area contributed by atoms with Crippen molar-refractivity contribution >= 4 is 50.9 Å². The molecule has 0 atom stereocenters. The minimum absolute atomic E-state index is 0.0681. The zero-order valence-corrected chi connectivity index (χ0v) is 20.5. The molecule has 174 valence electrons. The number of benzene rings is 2. The molecule has 1 fully saturated rings. The molecular formula is C22H25Cl2FN2O3S2. The van der Waals surface area contributed by atoms with E-state index in [1.807, 2.05) is 0 Å². The van der Waals surface area contributed by atoms with E-state index in [1.165, 1.54) is 22.1 Å². The lowest BCUT2D eigenvalue weighted by atomic mass is 9.97. The van der Waals surface area contributed by atoms with Gasteiger partial charge in [-0.1, -0.05) is 41.4 Å².